The van der Waals surface area contributed by atoms with E-state index in [-0.39, 0.29) is 24.9 Å². The molecule has 2 rings (SSSR count). The number of thioether (sulfide) groups is 1. The van der Waals surface area contributed by atoms with Gasteiger partial charge in [-0.15, -0.1) is 11.8 Å². The maximum absolute atomic E-state index is 12.2. The molecule has 0 aliphatic carbocycles. The van der Waals surface area contributed by atoms with Gasteiger partial charge in [0.1, 0.15) is 12.4 Å². The van der Waals surface area contributed by atoms with E-state index >= 15 is 0 Å². The van der Waals surface area contributed by atoms with Crippen molar-refractivity contribution in [3.8, 4) is 5.75 Å². The minimum absolute atomic E-state index is 0.127. The second-order valence-corrected chi connectivity index (χ2v) is 7.50. The highest BCUT2D eigenvalue weighted by Crippen LogP contribution is 2.24. The summed E-state index contributed by atoms with van der Waals surface area (Å²) >= 11 is 7.39. The van der Waals surface area contributed by atoms with Crippen LogP contribution in [0.2, 0.25) is 5.02 Å². The van der Waals surface area contributed by atoms with Crippen molar-refractivity contribution in [2.75, 3.05) is 44.9 Å². The number of quaternary nitrogens is 1. The first-order valence-corrected chi connectivity index (χ1v) is 10.5. The monoisotopic (exact) mass is 422 g/mol. The van der Waals surface area contributed by atoms with Crippen LogP contribution in [0, 0.1) is 0 Å². The van der Waals surface area contributed by atoms with E-state index in [0.29, 0.717) is 23.9 Å². The lowest BCUT2D eigenvalue weighted by Crippen LogP contribution is -3.11. The fraction of sp³-hybridized carbons (Fsp3) is 0.300. The van der Waals surface area contributed by atoms with Gasteiger partial charge in [0.15, 0.2) is 13.1 Å². The van der Waals surface area contributed by atoms with Crippen LogP contribution in [-0.4, -0.2) is 51.4 Å². The van der Waals surface area contributed by atoms with E-state index in [0.717, 1.165) is 15.5 Å². The minimum Gasteiger partial charge on any atom is -0.492 e. The molecule has 0 aliphatic rings. The molecule has 0 saturated carbocycles. The lowest BCUT2D eigenvalue weighted by atomic mass is 10.3. The summed E-state index contributed by atoms with van der Waals surface area (Å²) in [7, 11) is 1.81. The number of halogens is 1. The number of likely N-dealkylation sites (N-methyl/N-ethyl adjacent to an activating group) is 1. The third-order valence-electron chi connectivity index (χ3n) is 3.81. The Balaban J connectivity index is 1.66. The molecule has 150 valence electrons. The molecule has 0 radical (unpaired) electrons. The predicted octanol–water partition coefficient (Wildman–Crippen LogP) is 1.71. The number of para-hydroxylation sites is 1. The Hall–Kier alpha value is -2.22. The molecule has 0 saturated heterocycles. The van der Waals surface area contributed by atoms with Crippen LogP contribution in [0.4, 0.5) is 5.69 Å². The standard InChI is InChI=1S/C20H24ClN3O3S/c1-24(14-20(26)23-17-5-3-4-6-18(17)28-2)13-19(25)22-11-12-27-16-9-7-15(21)8-10-16/h3-10H,11-14H2,1-2H3,(H,22,25)(H,23,26)/p+1. The van der Waals surface area contributed by atoms with Crippen molar-refractivity contribution in [3.63, 3.8) is 0 Å². The summed E-state index contributed by atoms with van der Waals surface area (Å²) in [5.41, 5.74) is 0.789. The Morgan fingerprint density at radius 1 is 1.07 bits per heavy atom. The largest absolute Gasteiger partial charge is 0.492 e. The molecule has 0 bridgehead atoms. The van der Waals surface area contributed by atoms with E-state index in [1.165, 1.54) is 0 Å². The Labute approximate surface area is 174 Å². The number of anilines is 1. The van der Waals surface area contributed by atoms with Gasteiger partial charge in [0.2, 0.25) is 0 Å². The first kappa shape index (κ1) is 22.1. The highest BCUT2D eigenvalue weighted by molar-refractivity contribution is 7.98. The van der Waals surface area contributed by atoms with Crippen molar-refractivity contribution in [2.45, 2.75) is 4.90 Å². The number of carbonyl (C=O) groups is 2. The fourth-order valence-corrected chi connectivity index (χ4v) is 3.19. The zero-order chi connectivity index (χ0) is 20.4. The van der Waals surface area contributed by atoms with Crippen molar-refractivity contribution in [1.82, 2.24) is 5.32 Å². The van der Waals surface area contributed by atoms with Crippen molar-refractivity contribution < 1.29 is 19.2 Å². The zero-order valence-corrected chi connectivity index (χ0v) is 17.5. The van der Waals surface area contributed by atoms with E-state index in [4.69, 9.17) is 16.3 Å². The number of hydrogen-bond acceptors (Lipinski definition) is 4. The van der Waals surface area contributed by atoms with Gasteiger partial charge in [0.05, 0.1) is 19.3 Å². The Bertz CT molecular complexity index is 787. The molecule has 0 heterocycles. The van der Waals surface area contributed by atoms with Crippen LogP contribution in [0.3, 0.4) is 0 Å². The van der Waals surface area contributed by atoms with Crippen LogP contribution >= 0.6 is 23.4 Å². The lowest BCUT2D eigenvalue weighted by molar-refractivity contribution is -0.862. The molecule has 28 heavy (non-hydrogen) atoms. The fourth-order valence-electron chi connectivity index (χ4n) is 2.51. The molecule has 8 heteroatoms. The molecular formula is C20H25ClN3O3S+. The summed E-state index contributed by atoms with van der Waals surface area (Å²) in [4.78, 5) is 26.0. The smallest absolute Gasteiger partial charge is 0.279 e. The van der Waals surface area contributed by atoms with E-state index < -0.39 is 0 Å². The van der Waals surface area contributed by atoms with Gasteiger partial charge in [-0.3, -0.25) is 9.59 Å². The molecule has 3 N–H and O–H groups in total. The average molecular weight is 423 g/mol. The number of nitrogens with one attached hydrogen (secondary N) is 3. The summed E-state index contributed by atoms with van der Waals surface area (Å²) in [6.07, 6.45) is 1.96. The van der Waals surface area contributed by atoms with E-state index in [9.17, 15) is 9.59 Å². The Morgan fingerprint density at radius 3 is 2.46 bits per heavy atom. The molecule has 1 unspecified atom stereocenters. The predicted molar refractivity (Wildman–Crippen MR) is 113 cm³/mol. The SMILES string of the molecule is CSc1ccccc1NC(=O)C[NH+](C)CC(=O)NCCOc1ccc(Cl)cc1. The first-order valence-electron chi connectivity index (χ1n) is 8.87. The van der Waals surface area contributed by atoms with Crippen molar-refractivity contribution in [3.05, 3.63) is 53.6 Å². The summed E-state index contributed by atoms with van der Waals surface area (Å²) in [6.45, 7) is 1.16. The minimum atomic E-state index is -0.130. The van der Waals surface area contributed by atoms with Crippen LogP contribution < -0.4 is 20.3 Å². The lowest BCUT2D eigenvalue weighted by Gasteiger charge is -2.15. The topological polar surface area (TPSA) is 71.9 Å². The second kappa shape index (κ2) is 11.6. The third-order valence-corrected chi connectivity index (χ3v) is 4.86. The highest BCUT2D eigenvalue weighted by Gasteiger charge is 2.15. The van der Waals surface area contributed by atoms with Crippen LogP contribution in [0.15, 0.2) is 53.4 Å². The first-order chi connectivity index (χ1) is 13.5. The van der Waals surface area contributed by atoms with Gasteiger partial charge in [-0.2, -0.15) is 0 Å². The summed E-state index contributed by atoms with van der Waals surface area (Å²) in [5.74, 6) is 0.441. The van der Waals surface area contributed by atoms with E-state index in [1.54, 1.807) is 36.0 Å². The van der Waals surface area contributed by atoms with Crippen LogP contribution in [0.25, 0.3) is 0 Å². The molecule has 1 atom stereocenters. The number of rotatable bonds is 10. The molecular weight excluding hydrogens is 398 g/mol. The maximum Gasteiger partial charge on any atom is 0.279 e. The Morgan fingerprint density at radius 2 is 1.75 bits per heavy atom. The number of amides is 2. The second-order valence-electron chi connectivity index (χ2n) is 6.21. The summed E-state index contributed by atoms with van der Waals surface area (Å²) in [6, 6.07) is 14.7. The molecule has 6 nitrogen and oxygen atoms in total. The van der Waals surface area contributed by atoms with Crippen molar-refractivity contribution in [2.24, 2.45) is 0 Å². The van der Waals surface area contributed by atoms with Gasteiger partial charge in [0, 0.05) is 9.92 Å². The van der Waals surface area contributed by atoms with Gasteiger partial charge in [0.25, 0.3) is 11.8 Å². The average Bonchev–Trinajstić information content (AvgIpc) is 2.66. The van der Waals surface area contributed by atoms with Crippen LogP contribution in [0.5, 0.6) is 5.75 Å². The number of hydrogen-bond donors (Lipinski definition) is 3. The molecule has 0 fully saturated rings. The van der Waals surface area contributed by atoms with Crippen LogP contribution in [0.1, 0.15) is 0 Å². The molecule has 0 spiro atoms. The van der Waals surface area contributed by atoms with Gasteiger partial charge in [-0.1, -0.05) is 23.7 Å². The van der Waals surface area contributed by atoms with E-state index in [2.05, 4.69) is 10.6 Å². The number of benzene rings is 2. The molecule has 2 aromatic carbocycles. The van der Waals surface area contributed by atoms with E-state index in [1.807, 2.05) is 37.6 Å². The molecule has 0 aliphatic heterocycles. The molecule has 0 aromatic heterocycles. The third kappa shape index (κ3) is 7.80. The van der Waals surface area contributed by atoms with Gasteiger partial charge >= 0.3 is 0 Å². The van der Waals surface area contributed by atoms with Crippen molar-refractivity contribution >= 4 is 40.9 Å². The van der Waals surface area contributed by atoms with Crippen LogP contribution in [-0.2, 0) is 9.59 Å². The summed E-state index contributed by atoms with van der Waals surface area (Å²) in [5, 5.41) is 6.33. The summed E-state index contributed by atoms with van der Waals surface area (Å²) < 4.78 is 5.52. The quantitative estimate of drug-likeness (QED) is 0.402. The maximum atomic E-state index is 12.2. The molecule has 2 aromatic rings. The molecule has 2 amide bonds. The van der Waals surface area contributed by atoms with Gasteiger partial charge < -0.3 is 20.3 Å². The zero-order valence-electron chi connectivity index (χ0n) is 16.0. The highest BCUT2D eigenvalue weighted by atomic mass is 35.5. The number of ether oxygens (including phenoxy) is 1. The van der Waals surface area contributed by atoms with Gasteiger partial charge in [-0.05, 0) is 42.7 Å². The van der Waals surface area contributed by atoms with Gasteiger partial charge in [-0.25, -0.2) is 0 Å². The number of carbonyl (C=O) groups excluding carboxylic acids is 2. The van der Waals surface area contributed by atoms with Crippen molar-refractivity contribution in [1.29, 1.82) is 0 Å². The Kier molecular flexibility index (Phi) is 9.13. The normalized spacial score (nSPS) is 11.5.